The van der Waals surface area contributed by atoms with Gasteiger partial charge < -0.3 is 10.0 Å². The highest BCUT2D eigenvalue weighted by atomic mass is 32.2. The van der Waals surface area contributed by atoms with E-state index in [2.05, 4.69) is 19.9 Å². The molecule has 2 aromatic carbocycles. The monoisotopic (exact) mass is 414 g/mol. The van der Waals surface area contributed by atoms with Crippen molar-refractivity contribution in [3.8, 4) is 11.8 Å². The number of phenols is 1. The topological polar surface area (TPSA) is 85.8 Å². The molecular weight excluding hydrogens is 386 g/mol. The number of hydrogen-bond donors (Lipinski definition) is 2. The molecule has 2 N–H and O–H groups in total. The second kappa shape index (κ2) is 8.54. The van der Waals surface area contributed by atoms with Crippen molar-refractivity contribution < 1.29 is 18.4 Å². The van der Waals surface area contributed by atoms with Crippen LogP contribution in [0.25, 0.3) is 0 Å². The second-order valence-corrected chi connectivity index (χ2v) is 9.84. The van der Waals surface area contributed by atoms with Gasteiger partial charge in [0.25, 0.3) is 0 Å². The van der Waals surface area contributed by atoms with Crippen molar-refractivity contribution in [1.29, 1.82) is 5.26 Å². The van der Waals surface area contributed by atoms with Crippen molar-refractivity contribution in [3.05, 3.63) is 58.7 Å². The molecule has 154 valence electrons. The standard InChI is InChI=1S/C22H27N3O3S/c1-16(2)20-13-19(21(26)12-17(20)3)15-24-8-10-25(11-9-24)29(27,28)22-7-5-4-6-18(22)14-23/h4-7,12-13,16,26H,8-11,15H2,1-3H3/p+1. The smallest absolute Gasteiger partial charge is 0.244 e. The summed E-state index contributed by atoms with van der Waals surface area (Å²) in [5.41, 5.74) is 3.39. The molecule has 0 bridgehead atoms. The van der Waals surface area contributed by atoms with Crippen LogP contribution in [0.15, 0.2) is 41.3 Å². The first-order chi connectivity index (χ1) is 13.7. The van der Waals surface area contributed by atoms with Gasteiger partial charge in [0.1, 0.15) is 18.4 Å². The molecule has 7 heteroatoms. The number of sulfonamides is 1. The molecule has 1 aliphatic rings. The summed E-state index contributed by atoms with van der Waals surface area (Å²) >= 11 is 0. The molecule has 2 aromatic rings. The van der Waals surface area contributed by atoms with E-state index in [4.69, 9.17) is 0 Å². The van der Waals surface area contributed by atoms with Crippen LogP contribution in [0.5, 0.6) is 5.75 Å². The Morgan fingerprint density at radius 3 is 2.48 bits per heavy atom. The highest BCUT2D eigenvalue weighted by Crippen LogP contribution is 2.27. The van der Waals surface area contributed by atoms with Crippen LogP contribution >= 0.6 is 0 Å². The fourth-order valence-electron chi connectivity index (χ4n) is 3.93. The maximum Gasteiger partial charge on any atom is 0.244 e. The third-order valence-electron chi connectivity index (χ3n) is 5.58. The van der Waals surface area contributed by atoms with E-state index in [0.29, 0.717) is 44.4 Å². The van der Waals surface area contributed by atoms with Crippen molar-refractivity contribution >= 4 is 10.0 Å². The zero-order valence-electron chi connectivity index (χ0n) is 17.1. The van der Waals surface area contributed by atoms with Gasteiger partial charge in [-0.3, -0.25) is 0 Å². The molecule has 0 aromatic heterocycles. The molecule has 0 amide bonds. The van der Waals surface area contributed by atoms with Crippen LogP contribution in [-0.4, -0.2) is 44.0 Å². The number of hydrogen-bond acceptors (Lipinski definition) is 4. The summed E-state index contributed by atoms with van der Waals surface area (Å²) in [6, 6.07) is 12.2. The minimum Gasteiger partial charge on any atom is -0.507 e. The lowest BCUT2D eigenvalue weighted by molar-refractivity contribution is -0.917. The number of nitrogens with one attached hydrogen (secondary N) is 1. The first-order valence-electron chi connectivity index (χ1n) is 9.89. The number of nitriles is 1. The average Bonchev–Trinajstić information content (AvgIpc) is 2.70. The van der Waals surface area contributed by atoms with Crippen molar-refractivity contribution in [2.24, 2.45) is 0 Å². The van der Waals surface area contributed by atoms with E-state index in [1.54, 1.807) is 12.1 Å². The first-order valence-corrected chi connectivity index (χ1v) is 11.3. The Morgan fingerprint density at radius 1 is 1.21 bits per heavy atom. The maximum atomic E-state index is 13.0. The fraction of sp³-hybridized carbons (Fsp3) is 0.409. The highest BCUT2D eigenvalue weighted by molar-refractivity contribution is 7.89. The summed E-state index contributed by atoms with van der Waals surface area (Å²) in [5.74, 6) is 0.684. The van der Waals surface area contributed by atoms with E-state index in [0.717, 1.165) is 11.1 Å². The summed E-state index contributed by atoms with van der Waals surface area (Å²) < 4.78 is 27.4. The number of rotatable bonds is 5. The van der Waals surface area contributed by atoms with Crippen molar-refractivity contribution in [3.63, 3.8) is 0 Å². The minimum atomic E-state index is -3.68. The molecule has 0 unspecified atom stereocenters. The van der Waals surface area contributed by atoms with Crippen molar-refractivity contribution in [1.82, 2.24) is 4.31 Å². The number of nitrogens with zero attached hydrogens (tertiary/aromatic N) is 2. The van der Waals surface area contributed by atoms with Crippen LogP contribution in [0.2, 0.25) is 0 Å². The minimum absolute atomic E-state index is 0.0729. The zero-order chi connectivity index (χ0) is 21.2. The van der Waals surface area contributed by atoms with Gasteiger partial charge in [0.05, 0.1) is 36.6 Å². The average molecular weight is 415 g/mol. The molecule has 0 saturated carbocycles. The van der Waals surface area contributed by atoms with Gasteiger partial charge in [0.2, 0.25) is 10.0 Å². The van der Waals surface area contributed by atoms with E-state index in [9.17, 15) is 18.8 Å². The Morgan fingerprint density at radius 2 is 1.86 bits per heavy atom. The van der Waals surface area contributed by atoms with Gasteiger partial charge in [0, 0.05) is 5.56 Å². The number of piperazine rings is 1. The number of quaternary nitrogens is 1. The Bertz CT molecular complexity index is 1030. The van der Waals surface area contributed by atoms with Crippen LogP contribution in [0, 0.1) is 18.3 Å². The van der Waals surface area contributed by atoms with Crippen LogP contribution < -0.4 is 4.90 Å². The summed E-state index contributed by atoms with van der Waals surface area (Å²) in [4.78, 5) is 1.31. The Labute approximate surface area is 173 Å². The highest BCUT2D eigenvalue weighted by Gasteiger charge is 2.32. The molecule has 0 aliphatic carbocycles. The quantitative estimate of drug-likeness (QED) is 0.781. The third-order valence-corrected chi connectivity index (χ3v) is 7.54. The first kappa shape index (κ1) is 21.3. The Balaban J connectivity index is 1.72. The van der Waals surface area contributed by atoms with Gasteiger partial charge >= 0.3 is 0 Å². The van der Waals surface area contributed by atoms with E-state index in [1.807, 2.05) is 19.1 Å². The summed E-state index contributed by atoms with van der Waals surface area (Å²) in [7, 11) is -3.68. The van der Waals surface area contributed by atoms with E-state index < -0.39 is 10.0 Å². The molecular formula is C22H28N3O3S+. The van der Waals surface area contributed by atoms with E-state index in [1.165, 1.54) is 26.9 Å². The molecule has 0 radical (unpaired) electrons. The maximum absolute atomic E-state index is 13.0. The van der Waals surface area contributed by atoms with E-state index >= 15 is 0 Å². The number of aryl methyl sites for hydroxylation is 1. The molecule has 0 spiro atoms. The molecule has 0 atom stereocenters. The van der Waals surface area contributed by atoms with Crippen molar-refractivity contribution in [2.75, 3.05) is 26.2 Å². The second-order valence-electron chi connectivity index (χ2n) is 7.93. The summed E-state index contributed by atoms with van der Waals surface area (Å²) in [6.07, 6.45) is 0. The van der Waals surface area contributed by atoms with Gasteiger partial charge in [-0.25, -0.2) is 8.42 Å². The van der Waals surface area contributed by atoms with Crippen LogP contribution in [0.4, 0.5) is 0 Å². The Kier molecular flexibility index (Phi) is 6.27. The van der Waals surface area contributed by atoms with Crippen molar-refractivity contribution in [2.45, 2.75) is 38.1 Å². The molecule has 6 nitrogen and oxygen atoms in total. The van der Waals surface area contributed by atoms with Crippen LogP contribution in [0.1, 0.15) is 42.0 Å². The van der Waals surface area contributed by atoms with E-state index in [-0.39, 0.29) is 10.5 Å². The SMILES string of the molecule is Cc1cc(O)c(C[NH+]2CCN(S(=O)(=O)c3ccccc3C#N)CC2)cc1C(C)C. The largest absolute Gasteiger partial charge is 0.507 e. The molecule has 1 fully saturated rings. The van der Waals surface area contributed by atoms with Gasteiger partial charge in [-0.2, -0.15) is 9.57 Å². The van der Waals surface area contributed by atoms with Gasteiger partial charge in [-0.05, 0) is 48.2 Å². The number of phenolic OH excluding ortho intramolecular Hbond substituents is 1. The molecule has 29 heavy (non-hydrogen) atoms. The van der Waals surface area contributed by atoms with Crippen LogP contribution in [-0.2, 0) is 16.6 Å². The molecule has 1 saturated heterocycles. The van der Waals surface area contributed by atoms with Crippen LogP contribution in [0.3, 0.4) is 0 Å². The van der Waals surface area contributed by atoms with Gasteiger partial charge in [0.15, 0.2) is 0 Å². The predicted octanol–water partition coefficient (Wildman–Crippen LogP) is 1.79. The molecule has 1 heterocycles. The van der Waals surface area contributed by atoms with Gasteiger partial charge in [-0.15, -0.1) is 0 Å². The lowest BCUT2D eigenvalue weighted by atomic mass is 9.95. The van der Waals surface area contributed by atoms with Gasteiger partial charge in [-0.1, -0.05) is 26.0 Å². The molecule has 1 aliphatic heterocycles. The zero-order valence-corrected chi connectivity index (χ0v) is 18.0. The fourth-order valence-corrected chi connectivity index (χ4v) is 5.52. The predicted molar refractivity (Wildman–Crippen MR) is 111 cm³/mol. The lowest BCUT2D eigenvalue weighted by Crippen LogP contribution is -3.13. The summed E-state index contributed by atoms with van der Waals surface area (Å²) in [5, 5.41) is 19.6. The number of benzene rings is 2. The third kappa shape index (κ3) is 4.45. The lowest BCUT2D eigenvalue weighted by Gasteiger charge is -2.32. The summed E-state index contributed by atoms with van der Waals surface area (Å²) in [6.45, 7) is 9.03. The molecule has 3 rings (SSSR count). The normalized spacial score (nSPS) is 16.1. The Hall–Kier alpha value is -2.40. The number of aromatic hydroxyl groups is 1.